The Bertz CT molecular complexity index is 1100. The topological polar surface area (TPSA) is 86.4 Å². The second-order valence-corrected chi connectivity index (χ2v) is 9.63. The lowest BCUT2D eigenvalue weighted by Crippen LogP contribution is -2.49. The van der Waals surface area contributed by atoms with Crippen LogP contribution in [0.15, 0.2) is 50.8 Å². The summed E-state index contributed by atoms with van der Waals surface area (Å²) < 4.78 is 27.2. The van der Waals surface area contributed by atoms with Crippen LogP contribution in [0, 0.1) is 0 Å². The molecule has 9 heteroatoms. The van der Waals surface area contributed by atoms with Crippen molar-refractivity contribution in [3.05, 3.63) is 58.0 Å². The number of benzene rings is 1. The molecule has 0 bridgehead atoms. The van der Waals surface area contributed by atoms with E-state index in [1.165, 1.54) is 15.6 Å². The van der Waals surface area contributed by atoms with E-state index in [0.29, 0.717) is 47.1 Å². The largest absolute Gasteiger partial charge is 0.309 e. The number of rotatable bonds is 4. The molecule has 1 aliphatic rings. The molecule has 0 aliphatic carbocycles. The van der Waals surface area contributed by atoms with Gasteiger partial charge < -0.3 is 4.98 Å². The number of piperazine rings is 1. The van der Waals surface area contributed by atoms with Crippen LogP contribution in [0.5, 0.6) is 0 Å². The van der Waals surface area contributed by atoms with Crippen molar-refractivity contribution in [3.8, 4) is 0 Å². The zero-order valence-electron chi connectivity index (χ0n) is 14.8. The van der Waals surface area contributed by atoms with Gasteiger partial charge in [-0.1, -0.05) is 18.2 Å². The van der Waals surface area contributed by atoms with E-state index >= 15 is 0 Å². The van der Waals surface area contributed by atoms with Gasteiger partial charge in [0.15, 0.2) is 0 Å². The van der Waals surface area contributed by atoms with E-state index in [9.17, 15) is 13.2 Å². The fourth-order valence-corrected chi connectivity index (χ4v) is 5.91. The molecule has 0 saturated carbocycles. The first-order valence-electron chi connectivity index (χ1n) is 8.73. The number of hydrogen-bond donors (Lipinski definition) is 1. The van der Waals surface area contributed by atoms with Crippen LogP contribution >= 0.6 is 11.3 Å². The van der Waals surface area contributed by atoms with Crippen LogP contribution in [-0.4, -0.2) is 53.8 Å². The lowest BCUT2D eigenvalue weighted by atomic mass is 10.2. The maximum absolute atomic E-state index is 12.6. The average Bonchev–Trinajstić information content (AvgIpc) is 3.23. The first-order chi connectivity index (χ1) is 13.0. The summed E-state index contributed by atoms with van der Waals surface area (Å²) in [6.07, 6.45) is 0. The van der Waals surface area contributed by atoms with E-state index in [-0.39, 0.29) is 11.6 Å². The van der Waals surface area contributed by atoms with Gasteiger partial charge in [-0.25, -0.2) is 13.4 Å². The van der Waals surface area contributed by atoms with Gasteiger partial charge in [0.25, 0.3) is 15.6 Å². The highest BCUT2D eigenvalue weighted by molar-refractivity contribution is 7.91. The monoisotopic (exact) mass is 404 g/mol. The fourth-order valence-electron chi connectivity index (χ4n) is 3.34. The number of para-hydroxylation sites is 1. The molecule has 1 saturated heterocycles. The van der Waals surface area contributed by atoms with E-state index in [2.05, 4.69) is 14.9 Å². The number of H-pyrrole nitrogens is 1. The van der Waals surface area contributed by atoms with Crippen molar-refractivity contribution in [2.24, 2.45) is 0 Å². The van der Waals surface area contributed by atoms with E-state index < -0.39 is 10.0 Å². The summed E-state index contributed by atoms with van der Waals surface area (Å²) in [5, 5.41) is 2.34. The highest BCUT2D eigenvalue weighted by Crippen LogP contribution is 2.25. The first kappa shape index (κ1) is 18.3. The highest BCUT2D eigenvalue weighted by atomic mass is 32.2. The van der Waals surface area contributed by atoms with E-state index in [1.807, 2.05) is 25.1 Å². The molecule has 1 fully saturated rings. The molecule has 142 valence electrons. The summed E-state index contributed by atoms with van der Waals surface area (Å²) >= 11 is 1.24. The zero-order chi connectivity index (χ0) is 19.0. The molecule has 3 aromatic rings. The van der Waals surface area contributed by atoms with Gasteiger partial charge in [0.2, 0.25) is 0 Å². The Morgan fingerprint density at radius 2 is 1.85 bits per heavy atom. The van der Waals surface area contributed by atoms with E-state index in [1.54, 1.807) is 23.6 Å². The lowest BCUT2D eigenvalue weighted by Gasteiger charge is -2.36. The summed E-state index contributed by atoms with van der Waals surface area (Å²) in [5.74, 6) is 0.605. The smallest absolute Gasteiger partial charge is 0.258 e. The summed E-state index contributed by atoms with van der Waals surface area (Å²) in [4.78, 5) is 21.9. The predicted octanol–water partition coefficient (Wildman–Crippen LogP) is 2.05. The minimum Gasteiger partial charge on any atom is -0.309 e. The molecular weight excluding hydrogens is 384 g/mol. The third-order valence-corrected chi connectivity index (χ3v) is 8.21. The lowest BCUT2D eigenvalue weighted by molar-refractivity contribution is 0.141. The quantitative estimate of drug-likeness (QED) is 0.719. The molecule has 4 rings (SSSR count). The normalized spacial score (nSPS) is 18.0. The molecule has 0 unspecified atom stereocenters. The van der Waals surface area contributed by atoms with Gasteiger partial charge in [-0.3, -0.25) is 9.69 Å². The Morgan fingerprint density at radius 1 is 1.11 bits per heavy atom. The number of aromatic amines is 1. The predicted molar refractivity (Wildman–Crippen MR) is 105 cm³/mol. The average molecular weight is 405 g/mol. The van der Waals surface area contributed by atoms with Crippen molar-refractivity contribution < 1.29 is 8.42 Å². The molecule has 1 aromatic carbocycles. The minimum absolute atomic E-state index is 0.103. The van der Waals surface area contributed by atoms with Crippen LogP contribution in [0.4, 0.5) is 0 Å². The molecule has 0 radical (unpaired) electrons. The van der Waals surface area contributed by atoms with Gasteiger partial charge in [-0.15, -0.1) is 11.3 Å². The summed E-state index contributed by atoms with van der Waals surface area (Å²) in [5.41, 5.74) is 0.517. The third-order valence-electron chi connectivity index (χ3n) is 4.94. The van der Waals surface area contributed by atoms with Crippen molar-refractivity contribution in [1.82, 2.24) is 19.2 Å². The number of nitrogens with zero attached hydrogens (tertiary/aromatic N) is 3. The molecule has 7 nitrogen and oxygen atoms in total. The SMILES string of the molecule is C[C@@H](c1nc2ccccc2c(=O)[nH]1)N1CCN(S(=O)(=O)c2cccs2)CC1. The zero-order valence-corrected chi connectivity index (χ0v) is 16.5. The second-order valence-electron chi connectivity index (χ2n) is 6.52. The highest BCUT2D eigenvalue weighted by Gasteiger charge is 2.31. The second kappa shape index (κ2) is 7.16. The van der Waals surface area contributed by atoms with Gasteiger partial charge in [0, 0.05) is 26.2 Å². The van der Waals surface area contributed by atoms with E-state index in [0.717, 1.165) is 0 Å². The number of thiophene rings is 1. The molecule has 1 N–H and O–H groups in total. The molecule has 3 heterocycles. The van der Waals surface area contributed by atoms with Gasteiger partial charge in [-0.05, 0) is 30.5 Å². The Morgan fingerprint density at radius 3 is 2.56 bits per heavy atom. The number of fused-ring (bicyclic) bond motifs is 1. The third kappa shape index (κ3) is 3.43. The summed E-state index contributed by atoms with van der Waals surface area (Å²) in [6.45, 7) is 3.99. The molecule has 27 heavy (non-hydrogen) atoms. The molecular formula is C18H20N4O3S2. The fraction of sp³-hybridized carbons (Fsp3) is 0.333. The Balaban J connectivity index is 1.51. The molecule has 0 spiro atoms. The van der Waals surface area contributed by atoms with Crippen molar-refractivity contribution >= 4 is 32.3 Å². The molecule has 1 atom stereocenters. The molecule has 2 aromatic heterocycles. The maximum atomic E-state index is 12.6. The Hall–Kier alpha value is -2.07. The van der Waals surface area contributed by atoms with Crippen molar-refractivity contribution in [2.45, 2.75) is 17.2 Å². The van der Waals surface area contributed by atoms with Crippen LogP contribution in [0.3, 0.4) is 0 Å². The molecule has 1 aliphatic heterocycles. The van der Waals surface area contributed by atoms with Crippen LogP contribution in [-0.2, 0) is 10.0 Å². The Kier molecular flexibility index (Phi) is 4.85. The number of nitrogens with one attached hydrogen (secondary N) is 1. The van der Waals surface area contributed by atoms with Crippen LogP contribution in [0.25, 0.3) is 10.9 Å². The number of hydrogen-bond acceptors (Lipinski definition) is 6. The van der Waals surface area contributed by atoms with Gasteiger partial charge in [0.05, 0.1) is 16.9 Å². The maximum Gasteiger partial charge on any atom is 0.258 e. The number of aromatic nitrogens is 2. The number of sulfonamides is 1. The standard InChI is InChI=1S/C18H20N4O3S2/c1-13(17-19-15-6-3-2-5-14(15)18(23)20-17)21-8-10-22(11-9-21)27(24,25)16-7-4-12-26-16/h2-7,12-13H,8-11H2,1H3,(H,19,20,23)/t13-/m0/s1. The van der Waals surface area contributed by atoms with E-state index in [4.69, 9.17) is 0 Å². The van der Waals surface area contributed by atoms with Crippen molar-refractivity contribution in [1.29, 1.82) is 0 Å². The van der Waals surface area contributed by atoms with Crippen LogP contribution in [0.2, 0.25) is 0 Å². The van der Waals surface area contributed by atoms with Crippen LogP contribution < -0.4 is 5.56 Å². The minimum atomic E-state index is -3.42. The van der Waals surface area contributed by atoms with Crippen LogP contribution in [0.1, 0.15) is 18.8 Å². The summed E-state index contributed by atoms with van der Waals surface area (Å²) in [7, 11) is -3.42. The van der Waals surface area contributed by atoms with Gasteiger partial charge >= 0.3 is 0 Å². The van der Waals surface area contributed by atoms with Gasteiger partial charge in [0.1, 0.15) is 10.0 Å². The van der Waals surface area contributed by atoms with Crippen molar-refractivity contribution in [3.63, 3.8) is 0 Å². The van der Waals surface area contributed by atoms with Crippen molar-refractivity contribution in [2.75, 3.05) is 26.2 Å². The summed E-state index contributed by atoms with van der Waals surface area (Å²) in [6, 6.07) is 10.5. The Labute approximate surface area is 161 Å². The molecule has 0 amide bonds. The van der Waals surface area contributed by atoms with Gasteiger partial charge in [-0.2, -0.15) is 4.31 Å². The first-order valence-corrected chi connectivity index (χ1v) is 11.1.